The van der Waals surface area contributed by atoms with Crippen LogP contribution in [-0.4, -0.2) is 46.7 Å². The van der Waals surface area contributed by atoms with Crippen molar-refractivity contribution >= 4 is 11.6 Å². The van der Waals surface area contributed by atoms with Crippen LogP contribution in [0.4, 0.5) is 20.4 Å². The van der Waals surface area contributed by atoms with Crippen LogP contribution >= 0.6 is 0 Å². The van der Waals surface area contributed by atoms with Gasteiger partial charge in [0.15, 0.2) is 0 Å². The van der Waals surface area contributed by atoms with Crippen molar-refractivity contribution < 1.29 is 8.78 Å². The summed E-state index contributed by atoms with van der Waals surface area (Å²) in [4.78, 5) is 28.3. The van der Waals surface area contributed by atoms with E-state index in [1.54, 1.807) is 6.33 Å². The molecule has 1 fully saturated rings. The summed E-state index contributed by atoms with van der Waals surface area (Å²) in [5.74, 6) is 2.05. The molecule has 0 amide bonds. The van der Waals surface area contributed by atoms with Gasteiger partial charge in [0.25, 0.3) is 12.0 Å². The van der Waals surface area contributed by atoms with E-state index in [-0.39, 0.29) is 0 Å². The number of halogens is 2. The van der Waals surface area contributed by atoms with Gasteiger partial charge >= 0.3 is 0 Å². The Morgan fingerprint density at radius 3 is 2.54 bits per heavy atom. The second-order valence-corrected chi connectivity index (χ2v) is 6.66. The third-order valence-corrected chi connectivity index (χ3v) is 4.61. The van der Waals surface area contributed by atoms with Crippen LogP contribution in [0.2, 0.25) is 0 Å². The lowest BCUT2D eigenvalue weighted by Crippen LogP contribution is -2.37. The molecule has 0 aromatic carbocycles. The fourth-order valence-corrected chi connectivity index (χ4v) is 3.07. The van der Waals surface area contributed by atoms with Crippen molar-refractivity contribution in [1.29, 1.82) is 0 Å². The van der Waals surface area contributed by atoms with Crippen LogP contribution in [0.25, 0.3) is 0 Å². The summed E-state index contributed by atoms with van der Waals surface area (Å²) in [6.07, 6.45) is 1.85. The molecule has 140 valence electrons. The van der Waals surface area contributed by atoms with E-state index in [0.717, 1.165) is 43.6 Å². The topological polar surface area (TPSA) is 67.2 Å². The second-order valence-electron chi connectivity index (χ2n) is 6.66. The van der Waals surface area contributed by atoms with Gasteiger partial charge in [-0.1, -0.05) is 0 Å². The number of alkyl halides is 2. The van der Waals surface area contributed by atoms with Crippen molar-refractivity contribution in [2.24, 2.45) is 5.92 Å². The molecule has 3 heterocycles. The zero-order valence-electron chi connectivity index (χ0n) is 14.8. The molecule has 0 N–H and O–H groups in total. The maximum absolute atomic E-state index is 12.6. The van der Waals surface area contributed by atoms with Gasteiger partial charge in [-0.15, -0.1) is 0 Å². The van der Waals surface area contributed by atoms with Crippen molar-refractivity contribution in [1.82, 2.24) is 19.5 Å². The van der Waals surface area contributed by atoms with Gasteiger partial charge in [-0.25, -0.2) is 23.7 Å². The first-order valence-electron chi connectivity index (χ1n) is 8.53. The van der Waals surface area contributed by atoms with E-state index in [9.17, 15) is 13.6 Å². The first-order valence-corrected chi connectivity index (χ1v) is 8.53. The zero-order valence-corrected chi connectivity index (χ0v) is 14.8. The van der Waals surface area contributed by atoms with Gasteiger partial charge < -0.3 is 9.80 Å². The van der Waals surface area contributed by atoms with E-state index in [1.807, 2.05) is 25.1 Å². The van der Waals surface area contributed by atoms with E-state index in [2.05, 4.69) is 19.9 Å². The Labute approximate surface area is 150 Å². The summed E-state index contributed by atoms with van der Waals surface area (Å²) in [6.45, 7) is 2.15. The highest BCUT2D eigenvalue weighted by atomic mass is 19.3. The largest absolute Gasteiger partial charge is 0.363 e. The SMILES string of the molecule is CN(C)c1cc(N2CCC(Cn3cnc(C(F)F)cc3=O)CC2)ncn1. The van der Waals surface area contributed by atoms with E-state index >= 15 is 0 Å². The molecule has 0 unspecified atom stereocenters. The number of hydrogen-bond donors (Lipinski definition) is 0. The Hall–Kier alpha value is -2.58. The van der Waals surface area contributed by atoms with Crippen LogP contribution in [0.5, 0.6) is 0 Å². The average molecular weight is 364 g/mol. The minimum Gasteiger partial charge on any atom is -0.363 e. The van der Waals surface area contributed by atoms with Crippen LogP contribution in [-0.2, 0) is 6.54 Å². The molecular formula is C17H22F2N6O. The Morgan fingerprint density at radius 1 is 1.19 bits per heavy atom. The molecule has 2 aromatic rings. The molecule has 0 spiro atoms. The van der Waals surface area contributed by atoms with Gasteiger partial charge in [-0.05, 0) is 18.8 Å². The molecule has 2 aromatic heterocycles. The summed E-state index contributed by atoms with van der Waals surface area (Å²) in [7, 11) is 3.87. The molecule has 1 aliphatic heterocycles. The van der Waals surface area contributed by atoms with Crippen molar-refractivity contribution in [2.75, 3.05) is 37.0 Å². The normalized spacial score (nSPS) is 15.5. The Kier molecular flexibility index (Phi) is 5.43. The molecule has 0 bridgehead atoms. The smallest absolute Gasteiger partial charge is 0.280 e. The number of piperidine rings is 1. The Morgan fingerprint density at radius 2 is 1.92 bits per heavy atom. The number of hydrogen-bond acceptors (Lipinski definition) is 6. The van der Waals surface area contributed by atoms with Gasteiger partial charge in [0.1, 0.15) is 23.7 Å². The third kappa shape index (κ3) is 4.14. The molecule has 9 heteroatoms. The summed E-state index contributed by atoms with van der Waals surface area (Å²) in [5.41, 5.74) is -0.898. The maximum atomic E-state index is 12.6. The molecule has 0 aliphatic carbocycles. The van der Waals surface area contributed by atoms with Crippen LogP contribution < -0.4 is 15.4 Å². The fourth-order valence-electron chi connectivity index (χ4n) is 3.07. The fraction of sp³-hybridized carbons (Fsp3) is 0.529. The van der Waals surface area contributed by atoms with E-state index in [1.165, 1.54) is 10.9 Å². The lowest BCUT2D eigenvalue weighted by molar-refractivity contribution is 0.145. The van der Waals surface area contributed by atoms with Crippen LogP contribution in [0.15, 0.2) is 29.6 Å². The van der Waals surface area contributed by atoms with Crippen molar-refractivity contribution in [3.05, 3.63) is 40.8 Å². The van der Waals surface area contributed by atoms with Crippen LogP contribution in [0.1, 0.15) is 25.0 Å². The standard InChI is InChI=1S/C17H22F2N6O/c1-23(2)14-8-15(21-10-20-14)24-5-3-12(4-6-24)9-25-11-22-13(17(18)19)7-16(25)26/h7-8,10-12,17H,3-6,9H2,1-2H3. The van der Waals surface area contributed by atoms with Crippen molar-refractivity contribution in [3.63, 3.8) is 0 Å². The summed E-state index contributed by atoms with van der Waals surface area (Å²) in [5, 5.41) is 0. The zero-order chi connectivity index (χ0) is 18.7. The molecule has 0 saturated carbocycles. The molecule has 26 heavy (non-hydrogen) atoms. The number of nitrogens with zero attached hydrogens (tertiary/aromatic N) is 6. The summed E-state index contributed by atoms with van der Waals surface area (Å²) < 4.78 is 26.6. The summed E-state index contributed by atoms with van der Waals surface area (Å²) >= 11 is 0. The van der Waals surface area contributed by atoms with E-state index in [0.29, 0.717) is 12.5 Å². The Balaban J connectivity index is 1.61. The molecule has 7 nitrogen and oxygen atoms in total. The van der Waals surface area contributed by atoms with Crippen LogP contribution in [0.3, 0.4) is 0 Å². The quantitative estimate of drug-likeness (QED) is 0.808. The minimum atomic E-state index is -2.72. The number of anilines is 2. The molecule has 1 aliphatic rings. The lowest BCUT2D eigenvalue weighted by atomic mass is 9.96. The van der Waals surface area contributed by atoms with E-state index in [4.69, 9.17) is 0 Å². The Bertz CT molecular complexity index is 802. The summed E-state index contributed by atoms with van der Waals surface area (Å²) in [6, 6.07) is 2.88. The second kappa shape index (κ2) is 7.76. The average Bonchev–Trinajstić information content (AvgIpc) is 2.64. The molecule has 0 radical (unpaired) electrons. The number of aromatic nitrogens is 4. The van der Waals surface area contributed by atoms with Gasteiger partial charge in [0.05, 0.1) is 6.33 Å². The minimum absolute atomic E-state index is 0.304. The van der Waals surface area contributed by atoms with E-state index < -0.39 is 17.7 Å². The first kappa shape index (κ1) is 18.2. The predicted octanol–water partition coefficient (Wildman–Crippen LogP) is 1.95. The highest BCUT2D eigenvalue weighted by Gasteiger charge is 2.22. The van der Waals surface area contributed by atoms with Crippen molar-refractivity contribution in [3.8, 4) is 0 Å². The first-order chi connectivity index (χ1) is 12.4. The highest BCUT2D eigenvalue weighted by Crippen LogP contribution is 2.24. The highest BCUT2D eigenvalue weighted by molar-refractivity contribution is 5.49. The predicted molar refractivity (Wildman–Crippen MR) is 94.8 cm³/mol. The molecule has 1 saturated heterocycles. The van der Waals surface area contributed by atoms with Gasteiger partial charge in [0.2, 0.25) is 0 Å². The van der Waals surface area contributed by atoms with Crippen molar-refractivity contribution in [2.45, 2.75) is 25.8 Å². The lowest BCUT2D eigenvalue weighted by Gasteiger charge is -2.33. The van der Waals surface area contributed by atoms with Gasteiger partial charge in [-0.3, -0.25) is 9.36 Å². The van der Waals surface area contributed by atoms with Gasteiger partial charge in [-0.2, -0.15) is 0 Å². The maximum Gasteiger partial charge on any atom is 0.280 e. The monoisotopic (exact) mass is 364 g/mol. The molecule has 3 rings (SSSR count). The van der Waals surface area contributed by atoms with Gasteiger partial charge in [0, 0.05) is 45.9 Å². The third-order valence-electron chi connectivity index (χ3n) is 4.61. The molecular weight excluding hydrogens is 342 g/mol. The van der Waals surface area contributed by atoms with Crippen LogP contribution in [0, 0.1) is 5.92 Å². The molecule has 0 atom stereocenters. The number of rotatable bonds is 5.